The fraction of sp³-hybridized carbons (Fsp3) is 0.429. The fourth-order valence-corrected chi connectivity index (χ4v) is 5.09. The maximum absolute atomic E-state index is 13.8. The van der Waals surface area contributed by atoms with Crippen molar-refractivity contribution in [1.82, 2.24) is 9.55 Å². The zero-order chi connectivity index (χ0) is 26.7. The Morgan fingerprint density at radius 1 is 0.973 bits per heavy atom. The van der Waals surface area contributed by atoms with Crippen molar-refractivity contribution in [2.24, 2.45) is 5.41 Å². The summed E-state index contributed by atoms with van der Waals surface area (Å²) in [7, 11) is 1.92. The number of hydrogen-bond acceptors (Lipinski definition) is 4. The predicted octanol–water partition coefficient (Wildman–Crippen LogP) is 5.49. The summed E-state index contributed by atoms with van der Waals surface area (Å²) in [6, 6.07) is 15.9. The number of benzene rings is 1. The van der Waals surface area contributed by atoms with Crippen molar-refractivity contribution in [3.05, 3.63) is 78.8 Å². The van der Waals surface area contributed by atoms with E-state index in [9.17, 15) is 23.1 Å². The molecule has 37 heavy (non-hydrogen) atoms. The van der Waals surface area contributed by atoms with Gasteiger partial charge >= 0.3 is 5.97 Å². The van der Waals surface area contributed by atoms with E-state index in [-0.39, 0.29) is 25.7 Å². The number of rotatable bonds is 16. The quantitative estimate of drug-likeness (QED) is 0.272. The predicted molar refractivity (Wildman–Crippen MR) is 137 cm³/mol. The number of pyridine rings is 1. The van der Waals surface area contributed by atoms with Gasteiger partial charge in [0.15, 0.2) is 5.54 Å². The van der Waals surface area contributed by atoms with Crippen LogP contribution < -0.4 is 9.64 Å². The molecule has 9 heteroatoms. The van der Waals surface area contributed by atoms with Crippen molar-refractivity contribution in [2.75, 3.05) is 45.1 Å². The number of hydrogen-bond donors (Lipinski definition) is 1. The molecule has 0 saturated heterocycles. The van der Waals surface area contributed by atoms with Crippen LogP contribution in [-0.2, 0) is 16.8 Å². The van der Waals surface area contributed by atoms with Crippen LogP contribution in [0.5, 0.6) is 5.75 Å². The lowest BCUT2D eigenvalue weighted by Gasteiger charge is -2.48. The molecule has 0 fully saturated rings. The van der Waals surface area contributed by atoms with E-state index in [2.05, 4.69) is 4.98 Å². The smallest absolute Gasteiger partial charge is 0.330 e. The van der Waals surface area contributed by atoms with Crippen LogP contribution in [0.1, 0.15) is 24.8 Å². The van der Waals surface area contributed by atoms with Crippen LogP contribution in [0.15, 0.2) is 73.2 Å². The van der Waals surface area contributed by atoms with Gasteiger partial charge in [0.2, 0.25) is 0 Å². The van der Waals surface area contributed by atoms with E-state index in [1.807, 2.05) is 30.1 Å². The number of aromatic nitrogens is 2. The average Bonchev–Trinajstić information content (AvgIpc) is 3.44. The summed E-state index contributed by atoms with van der Waals surface area (Å²) in [6.45, 7) is -1.63. The summed E-state index contributed by atoms with van der Waals surface area (Å²) >= 11 is 0. The Morgan fingerprint density at radius 3 is 2.11 bits per heavy atom. The molecule has 0 unspecified atom stereocenters. The molecule has 1 aromatic carbocycles. The van der Waals surface area contributed by atoms with Crippen LogP contribution in [0.25, 0.3) is 0 Å². The van der Waals surface area contributed by atoms with Crippen LogP contribution in [0.3, 0.4) is 0 Å². The summed E-state index contributed by atoms with van der Waals surface area (Å²) in [4.78, 5) is 19.2. The summed E-state index contributed by atoms with van der Waals surface area (Å²) in [5.41, 5.74) is -2.62. The van der Waals surface area contributed by atoms with Gasteiger partial charge in [0.25, 0.3) is 0 Å². The molecule has 0 saturated carbocycles. The Kier molecular flexibility index (Phi) is 10.00. The normalized spacial score (nSPS) is 13.2. The largest absolute Gasteiger partial charge is 0.492 e. The van der Waals surface area contributed by atoms with E-state index in [0.717, 1.165) is 5.82 Å². The molecule has 1 N–H and O–H groups in total. The summed E-state index contributed by atoms with van der Waals surface area (Å²) in [6.07, 6.45) is 3.97. The number of anilines is 1. The Balaban J connectivity index is 1.84. The van der Waals surface area contributed by atoms with Gasteiger partial charge in [-0.3, -0.25) is 13.2 Å². The van der Waals surface area contributed by atoms with Gasteiger partial charge in [-0.2, -0.15) is 0 Å². The lowest BCUT2D eigenvalue weighted by atomic mass is 9.61. The van der Waals surface area contributed by atoms with Crippen LogP contribution in [0, 0.1) is 5.41 Å². The van der Waals surface area contributed by atoms with Crippen LogP contribution in [-0.4, -0.2) is 60.8 Å². The molecule has 0 amide bonds. The van der Waals surface area contributed by atoms with Gasteiger partial charge in [-0.1, -0.05) is 18.2 Å². The van der Waals surface area contributed by atoms with E-state index in [0.29, 0.717) is 24.5 Å². The molecule has 0 spiro atoms. The number of carboxylic acids is 1. The first-order valence-corrected chi connectivity index (χ1v) is 12.3. The Labute approximate surface area is 215 Å². The first-order valence-electron chi connectivity index (χ1n) is 12.3. The molecule has 6 nitrogen and oxygen atoms in total. The highest BCUT2D eigenvalue weighted by Crippen LogP contribution is 2.49. The number of carboxylic acid groups (broad SMARTS) is 1. The van der Waals surface area contributed by atoms with E-state index in [1.165, 1.54) is 4.57 Å². The number of aliphatic carboxylic acids is 1. The molecular formula is C28H34F3N3O3. The maximum Gasteiger partial charge on any atom is 0.330 e. The highest BCUT2D eigenvalue weighted by atomic mass is 19.1. The minimum absolute atomic E-state index is 0.0697. The zero-order valence-corrected chi connectivity index (χ0v) is 21.0. The molecule has 3 rings (SSSR count). The molecule has 0 radical (unpaired) electrons. The molecule has 0 aliphatic rings. The minimum atomic E-state index is -1.78. The molecule has 1 atom stereocenters. The summed E-state index contributed by atoms with van der Waals surface area (Å²) in [5.74, 6) is 0.175. The van der Waals surface area contributed by atoms with Gasteiger partial charge < -0.3 is 19.3 Å². The molecule has 3 aromatic rings. The first-order chi connectivity index (χ1) is 17.9. The van der Waals surface area contributed by atoms with Gasteiger partial charge in [-0.25, -0.2) is 9.78 Å². The minimum Gasteiger partial charge on any atom is -0.492 e. The van der Waals surface area contributed by atoms with Crippen molar-refractivity contribution in [1.29, 1.82) is 0 Å². The molecular weight excluding hydrogens is 483 g/mol. The number of nitrogens with zero attached hydrogens (tertiary/aromatic N) is 3. The Morgan fingerprint density at radius 2 is 1.59 bits per heavy atom. The van der Waals surface area contributed by atoms with Crippen molar-refractivity contribution in [2.45, 2.75) is 31.2 Å². The Hall–Kier alpha value is -3.49. The number of likely N-dealkylation sites (N-methyl/N-ethyl adjacent to an activating group) is 1. The second-order valence-electron chi connectivity index (χ2n) is 9.13. The van der Waals surface area contributed by atoms with Gasteiger partial charge in [-0.05, 0) is 61.2 Å². The highest BCUT2D eigenvalue weighted by molar-refractivity contribution is 5.79. The monoisotopic (exact) mass is 517 g/mol. The number of halogens is 3. The van der Waals surface area contributed by atoms with Crippen LogP contribution >= 0.6 is 0 Å². The lowest BCUT2D eigenvalue weighted by Crippen LogP contribution is -2.57. The van der Waals surface area contributed by atoms with Crippen molar-refractivity contribution in [3.63, 3.8) is 0 Å². The molecule has 0 aliphatic carbocycles. The standard InChI is InChI=1S/C28H34F3N3O3/c1-33(25-6-2-3-17-32-25)20-21-37-24-9-7-23(8-10-24)22-28(26(35)36,34-18-4-5-19-34)27(11-14-29,12-15-30)13-16-31/h2-10,17-19H,11-16,20-22H2,1H3,(H,35,36)/t28-/m1/s1. The van der Waals surface area contributed by atoms with Crippen LogP contribution in [0.2, 0.25) is 0 Å². The average molecular weight is 518 g/mol. The van der Waals surface area contributed by atoms with Crippen molar-refractivity contribution in [3.8, 4) is 5.75 Å². The third-order valence-electron chi connectivity index (χ3n) is 7.11. The third-order valence-corrected chi connectivity index (χ3v) is 7.11. The number of carbonyl (C=O) groups is 1. The van der Waals surface area contributed by atoms with Gasteiger partial charge in [0.1, 0.15) is 18.2 Å². The summed E-state index contributed by atoms with van der Waals surface area (Å²) in [5, 5.41) is 10.6. The molecule has 2 heterocycles. The first kappa shape index (κ1) is 28.1. The topological polar surface area (TPSA) is 67.6 Å². The Bertz CT molecular complexity index is 1060. The SMILES string of the molecule is CN(CCOc1ccc(C[C@](C(=O)O)(n2cccc2)C(CCF)(CCF)CCF)cc1)c1ccccn1. The molecule has 0 bridgehead atoms. The molecule has 0 aliphatic heterocycles. The lowest BCUT2D eigenvalue weighted by molar-refractivity contribution is -0.159. The van der Waals surface area contributed by atoms with Crippen molar-refractivity contribution >= 4 is 11.8 Å². The fourth-order valence-electron chi connectivity index (χ4n) is 5.09. The molecule has 2 aromatic heterocycles. The van der Waals surface area contributed by atoms with E-state index in [1.54, 1.807) is 55.0 Å². The summed E-state index contributed by atoms with van der Waals surface area (Å²) < 4.78 is 48.6. The van der Waals surface area contributed by atoms with Crippen LogP contribution in [0.4, 0.5) is 19.0 Å². The van der Waals surface area contributed by atoms with E-state index >= 15 is 0 Å². The van der Waals surface area contributed by atoms with Crippen molar-refractivity contribution < 1.29 is 27.8 Å². The van der Waals surface area contributed by atoms with E-state index in [4.69, 9.17) is 4.74 Å². The second kappa shape index (κ2) is 13.2. The third kappa shape index (κ3) is 6.26. The zero-order valence-electron chi connectivity index (χ0n) is 21.0. The van der Waals surface area contributed by atoms with Gasteiger partial charge in [-0.15, -0.1) is 0 Å². The second-order valence-corrected chi connectivity index (χ2v) is 9.13. The van der Waals surface area contributed by atoms with Gasteiger partial charge in [0, 0.05) is 37.5 Å². The maximum atomic E-state index is 13.8. The highest BCUT2D eigenvalue weighted by Gasteiger charge is 2.57. The number of ether oxygens (including phenoxy) is 1. The van der Waals surface area contributed by atoms with E-state index < -0.39 is 36.9 Å². The molecule has 200 valence electrons. The number of alkyl halides is 3. The van der Waals surface area contributed by atoms with Gasteiger partial charge in [0.05, 0.1) is 26.6 Å².